The minimum Gasteiger partial charge on any atom is -0.378 e. The molecule has 0 saturated carbocycles. The van der Waals surface area contributed by atoms with Gasteiger partial charge in [-0.15, -0.1) is 0 Å². The molecule has 0 spiro atoms. The number of rotatable bonds is 1. The summed E-state index contributed by atoms with van der Waals surface area (Å²) < 4.78 is 0. The Morgan fingerprint density at radius 3 is 2.47 bits per heavy atom. The highest BCUT2D eigenvalue weighted by Crippen LogP contribution is 2.33. The van der Waals surface area contributed by atoms with E-state index in [4.69, 9.17) is 0 Å². The number of hydrogen-bond donors (Lipinski definition) is 1. The SMILES string of the molecule is C[C@@H]1C[C@H](c2ccccc2)C[C@@H](O)N1C. The molecule has 0 bridgehead atoms. The Labute approximate surface area is 91.5 Å². The van der Waals surface area contributed by atoms with Crippen LogP contribution in [-0.2, 0) is 0 Å². The molecule has 2 nitrogen and oxygen atoms in total. The third kappa shape index (κ3) is 2.21. The molecule has 1 aromatic rings. The van der Waals surface area contributed by atoms with E-state index in [2.05, 4.69) is 36.1 Å². The number of aliphatic hydroxyl groups excluding tert-OH is 1. The van der Waals surface area contributed by atoms with Gasteiger partial charge in [0.2, 0.25) is 0 Å². The third-order valence-electron chi connectivity index (χ3n) is 3.56. The van der Waals surface area contributed by atoms with E-state index >= 15 is 0 Å². The molecule has 3 atom stereocenters. The van der Waals surface area contributed by atoms with Gasteiger partial charge < -0.3 is 5.11 Å². The zero-order valence-electron chi connectivity index (χ0n) is 9.43. The molecule has 2 heteroatoms. The number of piperidine rings is 1. The van der Waals surface area contributed by atoms with E-state index in [1.165, 1.54) is 5.56 Å². The molecule has 1 N–H and O–H groups in total. The van der Waals surface area contributed by atoms with E-state index in [0.29, 0.717) is 12.0 Å². The van der Waals surface area contributed by atoms with Crippen LogP contribution in [0.4, 0.5) is 0 Å². The number of nitrogens with zero attached hydrogens (tertiary/aromatic N) is 1. The average molecular weight is 205 g/mol. The quantitative estimate of drug-likeness (QED) is 0.759. The van der Waals surface area contributed by atoms with Crippen molar-refractivity contribution in [3.05, 3.63) is 35.9 Å². The molecule has 0 aliphatic carbocycles. The summed E-state index contributed by atoms with van der Waals surface area (Å²) in [6.45, 7) is 2.18. The molecule has 1 fully saturated rings. The Hall–Kier alpha value is -0.860. The van der Waals surface area contributed by atoms with Crippen molar-refractivity contribution in [2.45, 2.75) is 38.0 Å². The van der Waals surface area contributed by atoms with Gasteiger partial charge in [0.1, 0.15) is 6.23 Å². The van der Waals surface area contributed by atoms with E-state index in [-0.39, 0.29) is 6.23 Å². The molecule has 0 radical (unpaired) electrons. The van der Waals surface area contributed by atoms with E-state index in [1.807, 2.05) is 13.1 Å². The van der Waals surface area contributed by atoms with Crippen molar-refractivity contribution in [1.82, 2.24) is 4.90 Å². The summed E-state index contributed by atoms with van der Waals surface area (Å²) in [7, 11) is 2.00. The molecule has 0 unspecified atom stereocenters. The molecule has 2 rings (SSSR count). The first-order chi connectivity index (χ1) is 7.18. The first-order valence-electron chi connectivity index (χ1n) is 5.63. The number of aliphatic hydroxyl groups is 1. The van der Waals surface area contributed by atoms with Crippen molar-refractivity contribution in [2.24, 2.45) is 0 Å². The van der Waals surface area contributed by atoms with Crippen LogP contribution in [0, 0.1) is 0 Å². The second kappa shape index (κ2) is 4.33. The van der Waals surface area contributed by atoms with Crippen LogP contribution in [0.2, 0.25) is 0 Å². The second-order valence-corrected chi connectivity index (χ2v) is 4.57. The number of hydrogen-bond acceptors (Lipinski definition) is 2. The van der Waals surface area contributed by atoms with Crippen LogP contribution in [0.15, 0.2) is 30.3 Å². The number of benzene rings is 1. The molecular weight excluding hydrogens is 186 g/mol. The molecule has 15 heavy (non-hydrogen) atoms. The fourth-order valence-electron chi connectivity index (χ4n) is 2.39. The smallest absolute Gasteiger partial charge is 0.107 e. The van der Waals surface area contributed by atoms with Gasteiger partial charge in [-0.05, 0) is 38.3 Å². The second-order valence-electron chi connectivity index (χ2n) is 4.57. The topological polar surface area (TPSA) is 23.5 Å². The molecular formula is C13H19NO. The Kier molecular flexibility index (Phi) is 3.08. The highest BCUT2D eigenvalue weighted by molar-refractivity contribution is 5.20. The lowest BCUT2D eigenvalue weighted by atomic mass is 9.85. The van der Waals surface area contributed by atoms with Crippen LogP contribution in [-0.4, -0.2) is 29.3 Å². The highest BCUT2D eigenvalue weighted by atomic mass is 16.3. The van der Waals surface area contributed by atoms with Crippen molar-refractivity contribution in [1.29, 1.82) is 0 Å². The molecule has 1 aromatic carbocycles. The third-order valence-corrected chi connectivity index (χ3v) is 3.56. The van der Waals surface area contributed by atoms with Crippen molar-refractivity contribution in [2.75, 3.05) is 7.05 Å². The van der Waals surface area contributed by atoms with Gasteiger partial charge in [-0.25, -0.2) is 0 Å². The normalized spacial score (nSPS) is 32.9. The molecule has 1 aliphatic rings. The summed E-state index contributed by atoms with van der Waals surface area (Å²) >= 11 is 0. The van der Waals surface area contributed by atoms with Gasteiger partial charge in [-0.3, -0.25) is 4.90 Å². The van der Waals surface area contributed by atoms with Crippen LogP contribution < -0.4 is 0 Å². The van der Waals surface area contributed by atoms with Gasteiger partial charge >= 0.3 is 0 Å². The zero-order valence-corrected chi connectivity index (χ0v) is 9.43. The van der Waals surface area contributed by atoms with Crippen molar-refractivity contribution in [3.8, 4) is 0 Å². The Morgan fingerprint density at radius 1 is 1.20 bits per heavy atom. The zero-order chi connectivity index (χ0) is 10.8. The summed E-state index contributed by atoms with van der Waals surface area (Å²) in [5.74, 6) is 0.507. The van der Waals surface area contributed by atoms with Crippen LogP contribution in [0.3, 0.4) is 0 Å². The molecule has 1 heterocycles. The maximum Gasteiger partial charge on any atom is 0.107 e. The summed E-state index contributed by atoms with van der Waals surface area (Å²) in [5, 5.41) is 9.91. The lowest BCUT2D eigenvalue weighted by molar-refractivity contribution is -0.0409. The lowest BCUT2D eigenvalue weighted by Crippen LogP contribution is -2.44. The first-order valence-corrected chi connectivity index (χ1v) is 5.63. The molecule has 1 aliphatic heterocycles. The minimum atomic E-state index is -0.293. The molecule has 82 valence electrons. The average Bonchev–Trinajstić information content (AvgIpc) is 2.26. The minimum absolute atomic E-state index is 0.293. The van der Waals surface area contributed by atoms with Crippen molar-refractivity contribution < 1.29 is 5.11 Å². The maximum atomic E-state index is 9.91. The van der Waals surface area contributed by atoms with Crippen molar-refractivity contribution in [3.63, 3.8) is 0 Å². The van der Waals surface area contributed by atoms with Gasteiger partial charge in [0.25, 0.3) is 0 Å². The first kappa shape index (κ1) is 10.7. The van der Waals surface area contributed by atoms with Gasteiger partial charge in [0.05, 0.1) is 0 Å². The largest absolute Gasteiger partial charge is 0.378 e. The Morgan fingerprint density at radius 2 is 1.87 bits per heavy atom. The van der Waals surface area contributed by atoms with Crippen LogP contribution in [0.25, 0.3) is 0 Å². The Bertz CT molecular complexity index is 300. The fourth-order valence-corrected chi connectivity index (χ4v) is 2.39. The van der Waals surface area contributed by atoms with Crippen LogP contribution in [0.5, 0.6) is 0 Å². The van der Waals surface area contributed by atoms with Crippen LogP contribution >= 0.6 is 0 Å². The van der Waals surface area contributed by atoms with Crippen molar-refractivity contribution >= 4 is 0 Å². The van der Waals surface area contributed by atoms with E-state index in [1.54, 1.807) is 0 Å². The lowest BCUT2D eigenvalue weighted by Gasteiger charge is -2.39. The maximum absolute atomic E-state index is 9.91. The molecule has 0 aromatic heterocycles. The van der Waals surface area contributed by atoms with E-state index in [9.17, 15) is 5.11 Å². The Balaban J connectivity index is 2.13. The van der Waals surface area contributed by atoms with E-state index < -0.39 is 0 Å². The predicted molar refractivity (Wildman–Crippen MR) is 61.6 cm³/mol. The molecule has 1 saturated heterocycles. The monoisotopic (exact) mass is 205 g/mol. The predicted octanol–water partition coefficient (Wildman–Crippen LogP) is 2.20. The van der Waals surface area contributed by atoms with Gasteiger partial charge in [0, 0.05) is 6.04 Å². The number of likely N-dealkylation sites (tertiary alicyclic amines) is 1. The van der Waals surface area contributed by atoms with Gasteiger partial charge in [-0.2, -0.15) is 0 Å². The van der Waals surface area contributed by atoms with E-state index in [0.717, 1.165) is 12.8 Å². The van der Waals surface area contributed by atoms with Crippen LogP contribution in [0.1, 0.15) is 31.2 Å². The molecule has 0 amide bonds. The van der Waals surface area contributed by atoms with Gasteiger partial charge in [0.15, 0.2) is 0 Å². The fraction of sp³-hybridized carbons (Fsp3) is 0.538. The summed E-state index contributed by atoms with van der Waals surface area (Å²) in [4.78, 5) is 2.06. The highest BCUT2D eigenvalue weighted by Gasteiger charge is 2.29. The summed E-state index contributed by atoms with van der Waals surface area (Å²) in [5.41, 5.74) is 1.36. The summed E-state index contributed by atoms with van der Waals surface area (Å²) in [6, 6.07) is 11.0. The van der Waals surface area contributed by atoms with Gasteiger partial charge in [-0.1, -0.05) is 30.3 Å². The summed E-state index contributed by atoms with van der Waals surface area (Å²) in [6.07, 6.45) is 1.70. The standard InChI is InChI=1S/C13H19NO/c1-10-8-12(9-13(15)14(10)2)11-6-4-3-5-7-11/h3-7,10,12-13,15H,8-9H2,1-2H3/t10-,12+,13-/m1/s1.